The Bertz CT molecular complexity index is 1010. The first-order chi connectivity index (χ1) is 12.8. The highest BCUT2D eigenvalue weighted by Crippen LogP contribution is 2.39. The minimum atomic E-state index is 0.728. The molecule has 0 aliphatic carbocycles. The van der Waals surface area contributed by atoms with E-state index in [1.165, 1.54) is 0 Å². The van der Waals surface area contributed by atoms with E-state index in [2.05, 4.69) is 0 Å². The summed E-state index contributed by atoms with van der Waals surface area (Å²) in [5.41, 5.74) is 18.2. The van der Waals surface area contributed by atoms with Crippen LogP contribution in [0.1, 0.15) is 27.8 Å². The van der Waals surface area contributed by atoms with E-state index in [9.17, 15) is 0 Å². The van der Waals surface area contributed by atoms with E-state index in [4.69, 9.17) is 20.9 Å². The number of rotatable bonds is 4. The van der Waals surface area contributed by atoms with Crippen LogP contribution in [-0.4, -0.2) is 0 Å². The summed E-state index contributed by atoms with van der Waals surface area (Å²) in [5, 5.41) is 0. The molecule has 3 rings (SSSR count). The van der Waals surface area contributed by atoms with Crippen molar-refractivity contribution < 1.29 is 9.47 Å². The quantitative estimate of drug-likeness (QED) is 0.560. The molecule has 4 nitrogen and oxygen atoms in total. The van der Waals surface area contributed by atoms with E-state index in [-0.39, 0.29) is 0 Å². The monoisotopic (exact) mass is 362 g/mol. The summed E-state index contributed by atoms with van der Waals surface area (Å²) < 4.78 is 12.4. The summed E-state index contributed by atoms with van der Waals surface area (Å²) in [6, 6.07) is 13.3. The Kier molecular flexibility index (Phi) is 5.00. The molecule has 4 heteroatoms. The molecule has 0 saturated carbocycles. The number of nitrogens with two attached hydrogens (primary N) is 2. The molecular formula is C23H26N2O2. The zero-order chi connectivity index (χ0) is 19.7. The van der Waals surface area contributed by atoms with Gasteiger partial charge in [0.15, 0.2) is 0 Å². The van der Waals surface area contributed by atoms with E-state index in [0.29, 0.717) is 0 Å². The number of ether oxygens (including phenoxy) is 2. The molecule has 3 aromatic rings. The first-order valence-electron chi connectivity index (χ1n) is 8.95. The van der Waals surface area contributed by atoms with Crippen molar-refractivity contribution in [2.45, 2.75) is 34.6 Å². The maximum absolute atomic E-state index is 6.22. The van der Waals surface area contributed by atoms with Crippen LogP contribution in [0.2, 0.25) is 0 Å². The van der Waals surface area contributed by atoms with Gasteiger partial charge in [0.25, 0.3) is 0 Å². The van der Waals surface area contributed by atoms with E-state index < -0.39 is 0 Å². The predicted octanol–water partition coefficient (Wildman–Crippen LogP) is 5.98. The molecule has 140 valence electrons. The highest BCUT2D eigenvalue weighted by atomic mass is 16.5. The lowest BCUT2D eigenvalue weighted by molar-refractivity contribution is 0.456. The van der Waals surface area contributed by atoms with Crippen molar-refractivity contribution in [2.75, 3.05) is 11.5 Å². The Hall–Kier alpha value is -3.14. The molecule has 0 aromatic heterocycles. The predicted molar refractivity (Wildman–Crippen MR) is 112 cm³/mol. The van der Waals surface area contributed by atoms with Crippen LogP contribution in [0.15, 0.2) is 42.5 Å². The first-order valence-corrected chi connectivity index (χ1v) is 8.95. The van der Waals surface area contributed by atoms with Gasteiger partial charge in [-0.3, -0.25) is 0 Å². The van der Waals surface area contributed by atoms with E-state index in [0.717, 1.165) is 62.2 Å². The summed E-state index contributed by atoms with van der Waals surface area (Å²) in [7, 11) is 0. The van der Waals surface area contributed by atoms with Crippen molar-refractivity contribution in [3.05, 3.63) is 70.3 Å². The molecule has 0 aliphatic heterocycles. The normalized spacial score (nSPS) is 10.7. The lowest BCUT2D eigenvalue weighted by Gasteiger charge is -2.19. The molecule has 27 heavy (non-hydrogen) atoms. The van der Waals surface area contributed by atoms with Crippen molar-refractivity contribution in [3.63, 3.8) is 0 Å². The van der Waals surface area contributed by atoms with Gasteiger partial charge >= 0.3 is 0 Å². The second-order valence-electron chi connectivity index (χ2n) is 7.02. The van der Waals surface area contributed by atoms with E-state index in [1.54, 1.807) is 0 Å². The second-order valence-corrected chi connectivity index (χ2v) is 7.02. The number of hydrogen-bond acceptors (Lipinski definition) is 4. The van der Waals surface area contributed by atoms with Crippen LogP contribution in [0.25, 0.3) is 0 Å². The van der Waals surface area contributed by atoms with Gasteiger partial charge in [-0.15, -0.1) is 0 Å². The number of aryl methyl sites for hydroxylation is 3. The van der Waals surface area contributed by atoms with Crippen molar-refractivity contribution >= 4 is 11.4 Å². The minimum absolute atomic E-state index is 0.728. The Morgan fingerprint density at radius 1 is 0.556 bits per heavy atom. The highest BCUT2D eigenvalue weighted by Gasteiger charge is 2.15. The van der Waals surface area contributed by atoms with Crippen LogP contribution in [-0.2, 0) is 0 Å². The zero-order valence-electron chi connectivity index (χ0n) is 16.5. The second kappa shape index (κ2) is 7.23. The lowest BCUT2D eigenvalue weighted by Crippen LogP contribution is -1.99. The average Bonchev–Trinajstić information content (AvgIpc) is 2.60. The molecule has 0 atom stereocenters. The van der Waals surface area contributed by atoms with Gasteiger partial charge in [-0.05, 0) is 105 Å². The van der Waals surface area contributed by atoms with E-state index in [1.807, 2.05) is 77.1 Å². The summed E-state index contributed by atoms with van der Waals surface area (Å²) in [6.07, 6.45) is 0. The Balaban J connectivity index is 1.96. The van der Waals surface area contributed by atoms with Gasteiger partial charge in [0.05, 0.1) is 0 Å². The summed E-state index contributed by atoms with van der Waals surface area (Å²) in [6.45, 7) is 10.1. The fourth-order valence-corrected chi connectivity index (χ4v) is 3.09. The van der Waals surface area contributed by atoms with E-state index >= 15 is 0 Å². The topological polar surface area (TPSA) is 70.5 Å². The summed E-state index contributed by atoms with van der Waals surface area (Å²) in [4.78, 5) is 0. The highest BCUT2D eigenvalue weighted by molar-refractivity contribution is 5.57. The Morgan fingerprint density at radius 3 is 1.59 bits per heavy atom. The van der Waals surface area contributed by atoms with Crippen LogP contribution < -0.4 is 20.9 Å². The van der Waals surface area contributed by atoms with Gasteiger partial charge in [-0.25, -0.2) is 0 Å². The summed E-state index contributed by atoms with van der Waals surface area (Å²) in [5.74, 6) is 3.27. The molecule has 0 aliphatic rings. The van der Waals surface area contributed by atoms with Crippen molar-refractivity contribution in [3.8, 4) is 23.0 Å². The minimum Gasteiger partial charge on any atom is -0.457 e. The number of anilines is 2. The standard InChI is InChI=1S/C23H26N2O2/c1-13-10-18(24)6-8-20(13)26-22-12-15(3)23(17(5)16(22)4)27-21-9-7-19(25)11-14(21)2/h6-12H,24-25H2,1-5H3. The third kappa shape index (κ3) is 3.85. The Morgan fingerprint density at radius 2 is 1.07 bits per heavy atom. The van der Waals surface area contributed by atoms with Crippen LogP contribution >= 0.6 is 0 Å². The fourth-order valence-electron chi connectivity index (χ4n) is 3.09. The smallest absolute Gasteiger partial charge is 0.133 e. The maximum Gasteiger partial charge on any atom is 0.133 e. The van der Waals surface area contributed by atoms with Crippen molar-refractivity contribution in [1.29, 1.82) is 0 Å². The molecule has 0 heterocycles. The number of hydrogen-bond donors (Lipinski definition) is 2. The van der Waals surface area contributed by atoms with Crippen LogP contribution in [0.3, 0.4) is 0 Å². The molecular weight excluding hydrogens is 336 g/mol. The van der Waals surface area contributed by atoms with Crippen molar-refractivity contribution in [1.82, 2.24) is 0 Å². The van der Waals surface area contributed by atoms with Gasteiger partial charge in [0.2, 0.25) is 0 Å². The molecule has 0 fully saturated rings. The van der Waals surface area contributed by atoms with Crippen LogP contribution in [0, 0.1) is 34.6 Å². The first kappa shape index (κ1) is 18.6. The third-order valence-corrected chi connectivity index (χ3v) is 4.81. The SMILES string of the molecule is Cc1cc(N)ccc1Oc1cc(C)c(Oc2ccc(N)cc2C)c(C)c1C. The van der Waals surface area contributed by atoms with Crippen LogP contribution in [0.4, 0.5) is 11.4 Å². The zero-order valence-corrected chi connectivity index (χ0v) is 16.5. The molecule has 0 bridgehead atoms. The summed E-state index contributed by atoms with van der Waals surface area (Å²) >= 11 is 0. The molecule has 0 radical (unpaired) electrons. The van der Waals surface area contributed by atoms with Gasteiger partial charge in [0, 0.05) is 11.4 Å². The molecule has 3 aromatic carbocycles. The van der Waals surface area contributed by atoms with Gasteiger partial charge in [-0.1, -0.05) is 0 Å². The molecule has 0 amide bonds. The van der Waals surface area contributed by atoms with Gasteiger partial charge in [0.1, 0.15) is 23.0 Å². The number of benzene rings is 3. The van der Waals surface area contributed by atoms with Crippen LogP contribution in [0.5, 0.6) is 23.0 Å². The largest absolute Gasteiger partial charge is 0.457 e. The molecule has 0 spiro atoms. The van der Waals surface area contributed by atoms with Gasteiger partial charge < -0.3 is 20.9 Å². The lowest BCUT2D eigenvalue weighted by atomic mass is 10.0. The maximum atomic E-state index is 6.22. The molecule has 0 saturated heterocycles. The number of nitrogen functional groups attached to an aromatic ring is 2. The fraction of sp³-hybridized carbons (Fsp3) is 0.217. The average molecular weight is 362 g/mol. The van der Waals surface area contributed by atoms with Gasteiger partial charge in [-0.2, -0.15) is 0 Å². The van der Waals surface area contributed by atoms with Crippen molar-refractivity contribution in [2.24, 2.45) is 0 Å². The Labute approximate surface area is 160 Å². The molecule has 4 N–H and O–H groups in total. The third-order valence-electron chi connectivity index (χ3n) is 4.81. The molecule has 0 unspecified atom stereocenters.